The largest absolute Gasteiger partial charge is 0.329 e. The van der Waals surface area contributed by atoms with Crippen molar-refractivity contribution >= 4 is 15.9 Å². The quantitative estimate of drug-likeness (QED) is 0.401. The molecular weight excluding hydrogens is 290 g/mol. The van der Waals surface area contributed by atoms with Crippen LogP contribution in [0.4, 0.5) is 0 Å². The van der Waals surface area contributed by atoms with Crippen LogP contribution in [0.2, 0.25) is 0 Å². The third-order valence-corrected chi connectivity index (χ3v) is 5.01. The molecule has 2 unspecified atom stereocenters. The molecule has 2 atom stereocenters. The smallest absolute Gasteiger partial charge is 0.276 e. The summed E-state index contributed by atoms with van der Waals surface area (Å²) in [5, 5.41) is -1.47. The highest BCUT2D eigenvalue weighted by atomic mass is 32.2. The summed E-state index contributed by atoms with van der Waals surface area (Å²) in [6.07, 6.45) is 10.1. The molecule has 0 radical (unpaired) electrons. The number of carbonyl (C=O) groups is 1. The lowest BCUT2D eigenvalue weighted by Crippen LogP contribution is -2.39. The molecule has 0 rings (SSSR count). The third-order valence-electron chi connectivity index (χ3n) is 3.87. The zero-order chi connectivity index (χ0) is 16.3. The molecule has 0 heterocycles. The molecule has 0 spiro atoms. The Bertz CT molecular complexity index is 381. The first-order chi connectivity index (χ1) is 9.84. The van der Waals surface area contributed by atoms with Crippen LogP contribution in [0.3, 0.4) is 0 Å². The van der Waals surface area contributed by atoms with Crippen LogP contribution in [0.15, 0.2) is 0 Å². The Morgan fingerprint density at radius 1 is 1.05 bits per heavy atom. The van der Waals surface area contributed by atoms with Gasteiger partial charge in [-0.3, -0.25) is 9.35 Å². The molecule has 0 bridgehead atoms. The fourth-order valence-electron chi connectivity index (χ4n) is 2.43. The summed E-state index contributed by atoms with van der Waals surface area (Å²) >= 11 is 0. The van der Waals surface area contributed by atoms with Gasteiger partial charge in [-0.2, -0.15) is 8.42 Å². The van der Waals surface area contributed by atoms with Gasteiger partial charge in [-0.05, 0) is 6.42 Å². The first-order valence-corrected chi connectivity index (χ1v) is 9.55. The van der Waals surface area contributed by atoms with Crippen LogP contribution >= 0.6 is 0 Å². The Kier molecular flexibility index (Phi) is 10.9. The van der Waals surface area contributed by atoms with Crippen molar-refractivity contribution in [3.63, 3.8) is 0 Å². The van der Waals surface area contributed by atoms with Gasteiger partial charge in [0.15, 0.2) is 11.0 Å². The molecule has 0 saturated heterocycles. The molecule has 0 aromatic rings. The molecule has 5 nitrogen and oxygen atoms in total. The molecule has 0 fully saturated rings. The highest BCUT2D eigenvalue weighted by Gasteiger charge is 2.32. The Labute approximate surface area is 129 Å². The van der Waals surface area contributed by atoms with Crippen molar-refractivity contribution in [2.24, 2.45) is 11.7 Å². The highest BCUT2D eigenvalue weighted by molar-refractivity contribution is 7.87. The maximum Gasteiger partial charge on any atom is 0.276 e. The SMILES string of the molecule is CCCCCCCCCCC(C)C(=O)C(CN)S(=O)(=O)O. The third kappa shape index (κ3) is 9.22. The van der Waals surface area contributed by atoms with Gasteiger partial charge in [0, 0.05) is 12.5 Å². The van der Waals surface area contributed by atoms with Gasteiger partial charge in [-0.15, -0.1) is 0 Å². The molecule has 0 saturated carbocycles. The molecule has 0 amide bonds. The molecule has 126 valence electrons. The first-order valence-electron chi connectivity index (χ1n) is 8.04. The van der Waals surface area contributed by atoms with E-state index < -0.39 is 21.2 Å². The van der Waals surface area contributed by atoms with Crippen LogP contribution in [0.25, 0.3) is 0 Å². The molecule has 0 aliphatic carbocycles. The molecule has 3 N–H and O–H groups in total. The maximum absolute atomic E-state index is 11.9. The molecular formula is C15H31NO4S. The van der Waals surface area contributed by atoms with E-state index in [1.165, 1.54) is 32.1 Å². The van der Waals surface area contributed by atoms with Crippen molar-refractivity contribution in [2.75, 3.05) is 6.54 Å². The Morgan fingerprint density at radius 2 is 1.52 bits per heavy atom. The van der Waals surface area contributed by atoms with Crippen molar-refractivity contribution in [1.29, 1.82) is 0 Å². The van der Waals surface area contributed by atoms with Gasteiger partial charge >= 0.3 is 0 Å². The average molecular weight is 321 g/mol. The van der Waals surface area contributed by atoms with E-state index in [-0.39, 0.29) is 12.5 Å². The van der Waals surface area contributed by atoms with Crippen LogP contribution in [-0.4, -0.2) is 30.5 Å². The Balaban J connectivity index is 3.88. The minimum absolute atomic E-state index is 0.362. The van der Waals surface area contributed by atoms with Crippen LogP contribution in [0.5, 0.6) is 0 Å². The maximum atomic E-state index is 11.9. The number of hydrogen-bond donors (Lipinski definition) is 2. The lowest BCUT2D eigenvalue weighted by Gasteiger charge is -2.16. The molecule has 6 heteroatoms. The van der Waals surface area contributed by atoms with Gasteiger partial charge in [0.2, 0.25) is 0 Å². The average Bonchev–Trinajstić information content (AvgIpc) is 2.40. The van der Waals surface area contributed by atoms with Gasteiger partial charge < -0.3 is 5.73 Å². The Hall–Kier alpha value is -0.460. The number of nitrogens with two attached hydrogens (primary N) is 1. The minimum atomic E-state index is -4.38. The summed E-state index contributed by atoms with van der Waals surface area (Å²) in [7, 11) is -4.38. The first kappa shape index (κ1) is 20.5. The Morgan fingerprint density at radius 3 is 1.95 bits per heavy atom. The number of rotatable bonds is 13. The van der Waals surface area contributed by atoms with E-state index in [0.29, 0.717) is 6.42 Å². The standard InChI is InChI=1S/C15H31NO4S/c1-3-4-5-6-7-8-9-10-11-13(2)15(17)14(12-16)21(18,19)20/h13-14H,3-12,16H2,1-2H3,(H,18,19,20). The van der Waals surface area contributed by atoms with E-state index >= 15 is 0 Å². The second-order valence-corrected chi connectivity index (χ2v) is 7.41. The predicted octanol–water partition coefficient (Wildman–Crippen LogP) is 2.94. The molecule has 0 aliphatic rings. The molecule has 0 aromatic heterocycles. The van der Waals surface area contributed by atoms with E-state index in [9.17, 15) is 13.2 Å². The van der Waals surface area contributed by atoms with Crippen LogP contribution < -0.4 is 5.73 Å². The fourth-order valence-corrected chi connectivity index (χ4v) is 3.20. The second kappa shape index (κ2) is 11.2. The fraction of sp³-hybridized carbons (Fsp3) is 0.933. The van der Waals surface area contributed by atoms with E-state index in [1.807, 2.05) is 0 Å². The number of hydrogen-bond acceptors (Lipinski definition) is 4. The van der Waals surface area contributed by atoms with Gasteiger partial charge in [0.1, 0.15) is 0 Å². The topological polar surface area (TPSA) is 97.5 Å². The van der Waals surface area contributed by atoms with Gasteiger partial charge in [0.25, 0.3) is 10.1 Å². The van der Waals surface area contributed by atoms with Crippen molar-refractivity contribution in [1.82, 2.24) is 0 Å². The van der Waals surface area contributed by atoms with Crippen molar-refractivity contribution in [2.45, 2.75) is 76.9 Å². The highest BCUT2D eigenvalue weighted by Crippen LogP contribution is 2.16. The normalized spacial score (nSPS) is 14.9. The monoisotopic (exact) mass is 321 g/mol. The van der Waals surface area contributed by atoms with Crippen LogP contribution in [0, 0.1) is 5.92 Å². The summed E-state index contributed by atoms with van der Waals surface area (Å²) in [5.41, 5.74) is 5.27. The molecule has 0 aromatic carbocycles. The number of ketones is 1. The van der Waals surface area contributed by atoms with Crippen molar-refractivity contribution < 1.29 is 17.8 Å². The zero-order valence-electron chi connectivity index (χ0n) is 13.4. The number of carbonyl (C=O) groups excluding carboxylic acids is 1. The summed E-state index contributed by atoms with van der Waals surface area (Å²) in [6.45, 7) is 3.54. The second-order valence-electron chi connectivity index (χ2n) is 5.81. The van der Waals surface area contributed by atoms with E-state index in [1.54, 1.807) is 6.92 Å². The molecule has 21 heavy (non-hydrogen) atoms. The molecule has 0 aliphatic heterocycles. The lowest BCUT2D eigenvalue weighted by atomic mass is 9.96. The van der Waals surface area contributed by atoms with E-state index in [0.717, 1.165) is 19.3 Å². The summed E-state index contributed by atoms with van der Waals surface area (Å²) < 4.78 is 31.1. The minimum Gasteiger partial charge on any atom is -0.329 e. The summed E-state index contributed by atoms with van der Waals surface area (Å²) in [6, 6.07) is 0. The summed E-state index contributed by atoms with van der Waals surface area (Å²) in [5.74, 6) is -0.844. The van der Waals surface area contributed by atoms with Gasteiger partial charge in [-0.1, -0.05) is 65.2 Å². The summed E-state index contributed by atoms with van der Waals surface area (Å²) in [4.78, 5) is 11.9. The van der Waals surface area contributed by atoms with Gasteiger partial charge in [-0.25, -0.2) is 0 Å². The zero-order valence-corrected chi connectivity index (χ0v) is 14.2. The van der Waals surface area contributed by atoms with Crippen molar-refractivity contribution in [3.05, 3.63) is 0 Å². The van der Waals surface area contributed by atoms with Crippen LogP contribution in [0.1, 0.15) is 71.6 Å². The van der Waals surface area contributed by atoms with E-state index in [4.69, 9.17) is 10.3 Å². The van der Waals surface area contributed by atoms with E-state index in [2.05, 4.69) is 6.92 Å². The lowest BCUT2D eigenvalue weighted by molar-refractivity contribution is -0.122. The van der Waals surface area contributed by atoms with Gasteiger partial charge in [0.05, 0.1) is 0 Å². The van der Waals surface area contributed by atoms with Crippen LogP contribution in [-0.2, 0) is 14.9 Å². The number of Topliss-reactive ketones (excluding diaryl/α,β-unsaturated/α-hetero) is 1. The number of unbranched alkanes of at least 4 members (excludes halogenated alkanes) is 7. The van der Waals surface area contributed by atoms with Crippen molar-refractivity contribution in [3.8, 4) is 0 Å². The predicted molar refractivity (Wildman–Crippen MR) is 85.8 cm³/mol.